The van der Waals surface area contributed by atoms with Gasteiger partial charge in [0.2, 0.25) is 0 Å². The van der Waals surface area contributed by atoms with Crippen molar-refractivity contribution in [2.24, 2.45) is 0 Å². The third-order valence-electron chi connectivity index (χ3n) is 4.44. The second kappa shape index (κ2) is 8.28. The minimum atomic E-state index is -0.947. The van der Waals surface area contributed by atoms with E-state index in [1.165, 1.54) is 0 Å². The van der Waals surface area contributed by atoms with Crippen molar-refractivity contribution in [2.75, 3.05) is 0 Å². The molecule has 4 heterocycles. The van der Waals surface area contributed by atoms with Gasteiger partial charge in [0.05, 0.1) is 5.82 Å². The number of halogens is 2. The number of nitrogens with zero attached hydrogens (tertiary/aromatic N) is 5. The summed E-state index contributed by atoms with van der Waals surface area (Å²) < 4.78 is 28.7. The summed E-state index contributed by atoms with van der Waals surface area (Å²) in [6.45, 7) is 3.95. The summed E-state index contributed by atoms with van der Waals surface area (Å²) in [5.41, 5.74) is 1.21. The molecule has 4 aromatic rings. The molecule has 148 valence electrons. The van der Waals surface area contributed by atoms with Crippen molar-refractivity contribution in [3.8, 4) is 17.1 Å². The standard InChI is InChI=1S/C21H15F2N5.Pd/c1-21(2,17-8-4-9-19(26-17)28-13-5-12-24-28)16-7-3-6-15(25-16)14-10-11-18(22)27-20(14)23;/h3-9,11-12H,1-2H3;/q-2;+2. The zero-order chi connectivity index (χ0) is 19.7. The molecule has 4 rings (SSSR count). The topological polar surface area (TPSA) is 56.5 Å². The van der Waals surface area contributed by atoms with Crippen LogP contribution in [0.2, 0.25) is 0 Å². The molecule has 8 heteroatoms. The Morgan fingerprint density at radius 1 is 0.966 bits per heavy atom. The van der Waals surface area contributed by atoms with Crippen molar-refractivity contribution in [1.29, 1.82) is 0 Å². The van der Waals surface area contributed by atoms with Crippen LogP contribution < -0.4 is 0 Å². The molecule has 4 aromatic heterocycles. The number of rotatable bonds is 4. The average Bonchev–Trinajstić information content (AvgIpc) is 3.23. The molecule has 0 unspecified atom stereocenters. The van der Waals surface area contributed by atoms with Gasteiger partial charge in [0.15, 0.2) is 0 Å². The summed E-state index contributed by atoms with van der Waals surface area (Å²) >= 11 is 0. The van der Waals surface area contributed by atoms with Gasteiger partial charge in [-0.2, -0.15) is 0 Å². The molecule has 0 fully saturated rings. The van der Waals surface area contributed by atoms with E-state index in [2.05, 4.69) is 32.3 Å². The SMILES string of the molecule is CC(C)(c1cccc(-c2[c-]cc(F)nc2F)n1)c1cccc(-n2[c-]ccn2)n1.[Pd+2]. The third kappa shape index (κ3) is 4.14. The van der Waals surface area contributed by atoms with Crippen molar-refractivity contribution in [2.45, 2.75) is 19.3 Å². The van der Waals surface area contributed by atoms with Gasteiger partial charge in [-0.05, 0) is 31.7 Å². The third-order valence-corrected chi connectivity index (χ3v) is 4.44. The maximum absolute atomic E-state index is 14.0. The van der Waals surface area contributed by atoms with Gasteiger partial charge >= 0.3 is 20.4 Å². The summed E-state index contributed by atoms with van der Waals surface area (Å²) in [5.74, 6) is -1.24. The Kier molecular flexibility index (Phi) is 5.97. The van der Waals surface area contributed by atoms with Crippen molar-refractivity contribution in [1.82, 2.24) is 24.7 Å². The number of hydrogen-bond donors (Lipinski definition) is 0. The van der Waals surface area contributed by atoms with Crippen LogP contribution in [0, 0.1) is 24.2 Å². The van der Waals surface area contributed by atoms with Gasteiger partial charge in [-0.3, -0.25) is 15.1 Å². The summed E-state index contributed by atoms with van der Waals surface area (Å²) in [4.78, 5) is 12.5. The fourth-order valence-corrected chi connectivity index (χ4v) is 2.86. The number of pyridine rings is 3. The maximum atomic E-state index is 14.0. The quantitative estimate of drug-likeness (QED) is 0.252. The molecule has 0 bridgehead atoms. The minimum Gasteiger partial charge on any atom is -0.344 e. The van der Waals surface area contributed by atoms with E-state index in [0.29, 0.717) is 17.2 Å². The Morgan fingerprint density at radius 2 is 1.69 bits per heavy atom. The van der Waals surface area contributed by atoms with Gasteiger partial charge in [0.25, 0.3) is 0 Å². The van der Waals surface area contributed by atoms with Crippen molar-refractivity contribution in [3.05, 3.63) is 90.3 Å². The first-order chi connectivity index (χ1) is 13.4. The second-order valence-corrected chi connectivity index (χ2v) is 6.68. The number of hydrogen-bond acceptors (Lipinski definition) is 4. The van der Waals surface area contributed by atoms with Crippen molar-refractivity contribution in [3.63, 3.8) is 0 Å². The zero-order valence-electron chi connectivity index (χ0n) is 15.5. The molecular weight excluding hydrogens is 467 g/mol. The minimum absolute atomic E-state index is 0. The fraction of sp³-hybridized carbons (Fsp3) is 0.143. The van der Waals surface area contributed by atoms with Gasteiger partial charge in [-0.25, -0.2) is 8.78 Å². The first-order valence-electron chi connectivity index (χ1n) is 8.56. The summed E-state index contributed by atoms with van der Waals surface area (Å²) in [6, 6.07) is 16.1. The van der Waals surface area contributed by atoms with E-state index >= 15 is 0 Å². The molecule has 0 saturated carbocycles. The number of aromatic nitrogens is 5. The Labute approximate surface area is 180 Å². The molecule has 0 aliphatic rings. The Morgan fingerprint density at radius 3 is 2.38 bits per heavy atom. The normalized spacial score (nSPS) is 11.2. The van der Waals surface area contributed by atoms with E-state index in [4.69, 9.17) is 0 Å². The molecule has 0 spiro atoms. The zero-order valence-corrected chi connectivity index (χ0v) is 17.1. The van der Waals surface area contributed by atoms with Crippen LogP contribution in [0.15, 0.2) is 54.7 Å². The second-order valence-electron chi connectivity index (χ2n) is 6.68. The Balaban J connectivity index is 0.00000240. The Hall–Kier alpha value is -2.82. The molecule has 29 heavy (non-hydrogen) atoms. The smallest absolute Gasteiger partial charge is 0.344 e. The van der Waals surface area contributed by atoms with E-state index < -0.39 is 17.3 Å². The van der Waals surface area contributed by atoms with Crippen LogP contribution in [0.3, 0.4) is 0 Å². The largest absolute Gasteiger partial charge is 2.00 e. The molecule has 5 nitrogen and oxygen atoms in total. The fourth-order valence-electron chi connectivity index (χ4n) is 2.86. The van der Waals surface area contributed by atoms with Crippen LogP contribution in [-0.2, 0) is 25.8 Å². The van der Waals surface area contributed by atoms with Crippen molar-refractivity contribution >= 4 is 0 Å². The van der Waals surface area contributed by atoms with Gasteiger partial charge in [0, 0.05) is 16.8 Å². The molecule has 0 amide bonds. The monoisotopic (exact) mass is 481 g/mol. The first kappa shape index (κ1) is 20.9. The molecular formula is C21H15F2N5Pd. The van der Waals surface area contributed by atoms with E-state index in [1.54, 1.807) is 29.1 Å². The van der Waals surface area contributed by atoms with Crippen LogP contribution in [0.4, 0.5) is 8.78 Å². The predicted molar refractivity (Wildman–Crippen MR) is 98.5 cm³/mol. The molecule has 0 saturated heterocycles. The van der Waals surface area contributed by atoms with Gasteiger partial charge in [0.1, 0.15) is 11.9 Å². The molecule has 0 aliphatic heterocycles. The van der Waals surface area contributed by atoms with Crippen LogP contribution in [-0.4, -0.2) is 24.7 Å². The molecule has 0 atom stereocenters. The molecule has 0 N–H and O–H groups in total. The summed E-state index contributed by atoms with van der Waals surface area (Å²) in [5, 5.41) is 4.15. The average molecular weight is 482 g/mol. The van der Waals surface area contributed by atoms with Gasteiger partial charge < -0.3 is 9.67 Å². The molecule has 0 radical (unpaired) electrons. The predicted octanol–water partition coefficient (Wildman–Crippen LogP) is 3.93. The summed E-state index contributed by atoms with van der Waals surface area (Å²) in [6.07, 6.45) is 4.59. The van der Waals surface area contributed by atoms with Gasteiger partial charge in [-0.1, -0.05) is 48.3 Å². The van der Waals surface area contributed by atoms with E-state index in [1.807, 2.05) is 38.1 Å². The maximum Gasteiger partial charge on any atom is 2.00 e. The van der Waals surface area contributed by atoms with E-state index in [0.717, 1.165) is 11.8 Å². The van der Waals surface area contributed by atoms with Crippen LogP contribution in [0.1, 0.15) is 25.2 Å². The van der Waals surface area contributed by atoms with E-state index in [-0.39, 0.29) is 26.0 Å². The Bertz CT molecular complexity index is 1130. The molecule has 0 aliphatic carbocycles. The van der Waals surface area contributed by atoms with Crippen molar-refractivity contribution < 1.29 is 29.2 Å². The van der Waals surface area contributed by atoms with Gasteiger partial charge in [-0.15, -0.1) is 12.1 Å². The van der Waals surface area contributed by atoms with Crippen LogP contribution in [0.25, 0.3) is 17.1 Å². The van der Waals surface area contributed by atoms with Crippen LogP contribution >= 0.6 is 0 Å². The van der Waals surface area contributed by atoms with Crippen LogP contribution in [0.5, 0.6) is 0 Å². The first-order valence-corrected chi connectivity index (χ1v) is 8.56. The summed E-state index contributed by atoms with van der Waals surface area (Å²) in [7, 11) is 0. The van der Waals surface area contributed by atoms with E-state index in [9.17, 15) is 8.78 Å². The molecule has 0 aromatic carbocycles.